The fraction of sp³-hybridized carbons (Fsp3) is 0.400. The molecule has 0 aliphatic heterocycles. The van der Waals surface area contributed by atoms with Gasteiger partial charge in [-0.1, -0.05) is 38.1 Å². The average molecular weight is 196 g/mol. The maximum Gasteiger partial charge on any atom is 0.475 e. The van der Waals surface area contributed by atoms with Gasteiger partial charge in [0.05, 0.1) is 0 Å². The van der Waals surface area contributed by atoms with Crippen molar-refractivity contribution in [2.75, 3.05) is 0 Å². The molecule has 14 heavy (non-hydrogen) atoms. The van der Waals surface area contributed by atoms with Crippen LogP contribution in [0.3, 0.4) is 0 Å². The Labute approximate surface area is 82.6 Å². The smallest absolute Gasteiger partial charge is 0.200 e. The van der Waals surface area contributed by atoms with Crippen LogP contribution >= 0.6 is 0 Å². The van der Waals surface area contributed by atoms with E-state index in [2.05, 4.69) is 18.7 Å². The summed E-state index contributed by atoms with van der Waals surface area (Å²) in [6.07, 6.45) is 0. The number of benzene rings is 1. The van der Waals surface area contributed by atoms with Gasteiger partial charge in [-0.05, 0) is 17.0 Å². The summed E-state index contributed by atoms with van der Waals surface area (Å²) in [7, 11) is 0. The van der Waals surface area contributed by atoms with Crippen molar-refractivity contribution in [1.29, 1.82) is 0 Å². The first-order valence-corrected chi connectivity index (χ1v) is 4.47. The van der Waals surface area contributed by atoms with Gasteiger partial charge >= 0.3 is 5.09 Å². The molecule has 76 valence electrons. The molecule has 1 aromatic rings. The second-order valence-corrected chi connectivity index (χ2v) is 3.41. The fourth-order valence-electron chi connectivity index (χ4n) is 1.17. The number of rotatable bonds is 4. The first-order valence-electron chi connectivity index (χ1n) is 4.47. The minimum atomic E-state index is -0.526. The molecule has 0 saturated carbocycles. The number of hydrogen-bond donors (Lipinski definition) is 1. The molecule has 0 heterocycles. The predicted molar refractivity (Wildman–Crippen MR) is 50.7 cm³/mol. The molecule has 0 amide bonds. The fourth-order valence-corrected chi connectivity index (χ4v) is 1.17. The number of hydrogen-bond acceptors (Lipinski definition) is 2. The molecule has 4 heteroatoms. The van der Waals surface area contributed by atoms with E-state index in [0.717, 1.165) is 5.56 Å². The molecule has 0 spiro atoms. The minimum Gasteiger partial charge on any atom is -0.200 e. The van der Waals surface area contributed by atoms with Gasteiger partial charge < -0.3 is 0 Å². The molecular weight excluding hydrogens is 182 g/mol. The van der Waals surface area contributed by atoms with Crippen LogP contribution in [0.2, 0.25) is 0 Å². The second kappa shape index (κ2) is 4.60. The average Bonchev–Trinajstić information content (AvgIpc) is 2.15. The van der Waals surface area contributed by atoms with Gasteiger partial charge in [0.25, 0.3) is 0 Å². The Morgan fingerprint density at radius 3 is 2.79 bits per heavy atom. The normalized spacial score (nSPS) is 10.2. The highest BCUT2D eigenvalue weighted by Crippen LogP contribution is 2.15. The zero-order chi connectivity index (χ0) is 10.6. The summed E-state index contributed by atoms with van der Waals surface area (Å²) >= 11 is 0. The van der Waals surface area contributed by atoms with Crippen LogP contribution in [-0.2, 0) is 11.4 Å². The quantitative estimate of drug-likeness (QED) is 0.752. The van der Waals surface area contributed by atoms with E-state index in [-0.39, 0.29) is 6.61 Å². The highest BCUT2D eigenvalue weighted by Gasteiger charge is 2.06. The third kappa shape index (κ3) is 3.05. The van der Waals surface area contributed by atoms with Crippen molar-refractivity contribution in [2.24, 2.45) is 0 Å². The van der Waals surface area contributed by atoms with Crippen molar-refractivity contribution in [1.82, 2.24) is 0 Å². The molecule has 0 unspecified atom stereocenters. The lowest BCUT2D eigenvalue weighted by Gasteiger charge is -2.05. The summed E-state index contributed by atoms with van der Waals surface area (Å²) in [6, 6.07) is 7.71. The molecule has 0 aromatic heterocycles. The first-order chi connectivity index (χ1) is 6.59. The summed E-state index contributed by atoms with van der Waals surface area (Å²) in [5.74, 6) is 0.437. The lowest BCUT2D eigenvalue weighted by Crippen LogP contribution is -2.03. The van der Waals surface area contributed by atoms with Gasteiger partial charge in [-0.2, -0.15) is 4.84 Å². The van der Waals surface area contributed by atoms with Crippen LogP contribution in [-0.4, -0.2) is 10.3 Å². The van der Waals surface area contributed by atoms with Crippen LogP contribution in [0.15, 0.2) is 24.3 Å². The highest BCUT2D eigenvalue weighted by molar-refractivity contribution is 5.25. The Morgan fingerprint density at radius 2 is 2.21 bits per heavy atom. The largest absolute Gasteiger partial charge is 0.475 e. The van der Waals surface area contributed by atoms with Crippen molar-refractivity contribution < 1.29 is 15.1 Å². The first kappa shape index (κ1) is 10.5. The lowest BCUT2D eigenvalue weighted by molar-refractivity contribution is -0.979. The van der Waals surface area contributed by atoms with E-state index in [1.165, 1.54) is 5.56 Å². The van der Waals surface area contributed by atoms with Gasteiger partial charge in [0, 0.05) is 0 Å². The minimum absolute atomic E-state index is 0.0839. The van der Waals surface area contributed by atoms with Crippen LogP contribution in [0, 0.1) is 4.91 Å². The van der Waals surface area contributed by atoms with Crippen LogP contribution in [0.1, 0.15) is 30.9 Å². The van der Waals surface area contributed by atoms with E-state index in [0.29, 0.717) is 5.92 Å². The molecule has 1 rings (SSSR count). The third-order valence-corrected chi connectivity index (χ3v) is 1.96. The van der Waals surface area contributed by atoms with Gasteiger partial charge in [-0.25, -0.2) is 5.21 Å². The van der Waals surface area contributed by atoms with E-state index >= 15 is 0 Å². The Hall–Kier alpha value is -1.58. The van der Waals surface area contributed by atoms with Crippen LogP contribution in [0.25, 0.3) is 0 Å². The Morgan fingerprint density at radius 1 is 1.50 bits per heavy atom. The van der Waals surface area contributed by atoms with Gasteiger partial charge in [0.2, 0.25) is 0 Å². The highest BCUT2D eigenvalue weighted by atomic mass is 16.9. The molecule has 0 radical (unpaired) electrons. The van der Waals surface area contributed by atoms with Gasteiger partial charge in [-0.15, -0.1) is 0 Å². The molecule has 4 nitrogen and oxygen atoms in total. The van der Waals surface area contributed by atoms with E-state index in [4.69, 9.17) is 5.21 Å². The number of nitrogens with zero attached hydrogens (tertiary/aromatic N) is 1. The Balaban J connectivity index is 2.68. The van der Waals surface area contributed by atoms with E-state index in [1.54, 1.807) is 0 Å². The maximum absolute atomic E-state index is 10.1. The van der Waals surface area contributed by atoms with E-state index in [1.807, 2.05) is 24.3 Å². The summed E-state index contributed by atoms with van der Waals surface area (Å²) in [5, 5.41) is 7.72. The second-order valence-electron chi connectivity index (χ2n) is 3.41. The summed E-state index contributed by atoms with van der Waals surface area (Å²) in [5.41, 5.74) is 2.05. The molecule has 1 N–H and O–H groups in total. The van der Waals surface area contributed by atoms with E-state index in [9.17, 15) is 4.91 Å². The SMILES string of the molecule is CC(C)c1cccc(CO[N+](=O)O)c1. The zero-order valence-corrected chi connectivity index (χ0v) is 8.30. The molecule has 0 saturated heterocycles. The maximum atomic E-state index is 10.1. The Bertz CT molecular complexity index is 323. The van der Waals surface area contributed by atoms with Crippen LogP contribution < -0.4 is 0 Å². The molecule has 0 fully saturated rings. The summed E-state index contributed by atoms with van der Waals surface area (Å²) in [4.78, 5) is 14.5. The van der Waals surface area contributed by atoms with Crippen molar-refractivity contribution in [3.8, 4) is 0 Å². The van der Waals surface area contributed by atoms with Crippen LogP contribution in [0.4, 0.5) is 0 Å². The predicted octanol–water partition coefficient (Wildman–Crippen LogP) is 2.41. The van der Waals surface area contributed by atoms with Crippen LogP contribution in [0.5, 0.6) is 0 Å². The summed E-state index contributed by atoms with van der Waals surface area (Å²) in [6.45, 7) is 4.26. The molecule has 0 bridgehead atoms. The van der Waals surface area contributed by atoms with Gasteiger partial charge in [-0.3, -0.25) is 0 Å². The molecule has 0 aliphatic rings. The lowest BCUT2D eigenvalue weighted by atomic mass is 10.0. The molecule has 1 aromatic carbocycles. The molecular formula is C10H14NO3+. The standard InChI is InChI=1S/C10H14NO3/c1-8(2)10-5-3-4-9(6-10)7-14-11(12)13/h3-6,8H,7H2,1-2H3,(H,12,13)/q+1. The molecule has 0 aliphatic carbocycles. The monoisotopic (exact) mass is 196 g/mol. The van der Waals surface area contributed by atoms with Gasteiger partial charge in [0.15, 0.2) is 6.61 Å². The third-order valence-electron chi connectivity index (χ3n) is 1.96. The van der Waals surface area contributed by atoms with Crippen molar-refractivity contribution in [3.05, 3.63) is 40.3 Å². The van der Waals surface area contributed by atoms with Crippen molar-refractivity contribution in [3.63, 3.8) is 0 Å². The zero-order valence-electron chi connectivity index (χ0n) is 8.30. The topological polar surface area (TPSA) is 49.5 Å². The van der Waals surface area contributed by atoms with Crippen molar-refractivity contribution >= 4 is 0 Å². The van der Waals surface area contributed by atoms with Crippen molar-refractivity contribution in [2.45, 2.75) is 26.4 Å². The summed E-state index contributed by atoms with van der Waals surface area (Å²) < 4.78 is 0. The van der Waals surface area contributed by atoms with E-state index < -0.39 is 5.09 Å². The van der Waals surface area contributed by atoms with Gasteiger partial charge in [0.1, 0.15) is 4.91 Å². The Kier molecular flexibility index (Phi) is 3.45. The molecule has 0 atom stereocenters.